The van der Waals surface area contributed by atoms with E-state index < -0.39 is 0 Å². The van der Waals surface area contributed by atoms with Gasteiger partial charge in [0.1, 0.15) is 5.69 Å². The summed E-state index contributed by atoms with van der Waals surface area (Å²) in [6.07, 6.45) is 0. The topological polar surface area (TPSA) is 64.2 Å². The molecule has 0 radical (unpaired) electrons. The first kappa shape index (κ1) is 16.5. The van der Waals surface area contributed by atoms with E-state index in [-0.39, 0.29) is 18.0 Å². The molecule has 1 aliphatic heterocycles. The van der Waals surface area contributed by atoms with Crippen LogP contribution >= 0.6 is 0 Å². The first-order valence-electron chi connectivity index (χ1n) is 8.84. The highest BCUT2D eigenvalue weighted by molar-refractivity contribution is 5.99. The molecule has 1 aliphatic rings. The quantitative estimate of drug-likeness (QED) is 0.790. The highest BCUT2D eigenvalue weighted by Gasteiger charge is 2.43. The smallest absolute Gasteiger partial charge is 0.273 e. The van der Waals surface area contributed by atoms with Crippen molar-refractivity contribution in [3.8, 4) is 5.69 Å². The van der Waals surface area contributed by atoms with Gasteiger partial charge in [-0.25, -0.2) is 4.68 Å². The fourth-order valence-electron chi connectivity index (χ4n) is 3.72. The first-order chi connectivity index (χ1) is 12.6. The first-order valence-corrected chi connectivity index (χ1v) is 8.84. The van der Waals surface area contributed by atoms with Crippen LogP contribution in [0.4, 0.5) is 0 Å². The van der Waals surface area contributed by atoms with E-state index in [1.54, 1.807) is 4.68 Å². The minimum absolute atomic E-state index is 0.0180. The summed E-state index contributed by atoms with van der Waals surface area (Å²) in [5.41, 5.74) is 10.5. The predicted octanol–water partition coefficient (Wildman–Crippen LogP) is 3.07. The number of hydrogen-bond donors (Lipinski definition) is 1. The number of aryl methyl sites for hydroxylation is 1. The maximum atomic E-state index is 13.3. The van der Waals surface area contributed by atoms with Gasteiger partial charge < -0.3 is 10.6 Å². The normalized spacial score (nSPS) is 17.4. The second-order valence-electron chi connectivity index (χ2n) is 6.84. The molecular formula is C21H22N4O. The Morgan fingerprint density at radius 3 is 2.31 bits per heavy atom. The van der Waals surface area contributed by atoms with Crippen LogP contribution in [0.25, 0.3) is 5.69 Å². The number of rotatable bonds is 4. The molecule has 1 amide bonds. The summed E-state index contributed by atoms with van der Waals surface area (Å²) in [5.74, 6) is -0.0180. The number of nitrogens with two attached hydrogens (primary N) is 1. The average Bonchev–Trinajstić information content (AvgIpc) is 3.13. The van der Waals surface area contributed by atoms with Crippen molar-refractivity contribution in [3.05, 3.63) is 83.2 Å². The van der Waals surface area contributed by atoms with Crippen LogP contribution in [0.3, 0.4) is 0 Å². The monoisotopic (exact) mass is 346 g/mol. The molecule has 0 saturated carbocycles. The second kappa shape index (κ2) is 6.42. The molecule has 5 heteroatoms. The molecule has 0 saturated heterocycles. The minimum atomic E-state index is -0.151. The van der Waals surface area contributed by atoms with Crippen molar-refractivity contribution in [2.24, 2.45) is 5.73 Å². The van der Waals surface area contributed by atoms with E-state index in [2.05, 4.69) is 17.2 Å². The van der Waals surface area contributed by atoms with Gasteiger partial charge in [0.15, 0.2) is 0 Å². The molecule has 2 aromatic carbocycles. The van der Waals surface area contributed by atoms with Crippen LogP contribution in [-0.2, 0) is 0 Å². The van der Waals surface area contributed by atoms with Gasteiger partial charge in [0.2, 0.25) is 0 Å². The number of nitrogens with zero attached hydrogens (tertiary/aromatic N) is 3. The van der Waals surface area contributed by atoms with Gasteiger partial charge in [-0.3, -0.25) is 4.79 Å². The fraction of sp³-hybridized carbons (Fsp3) is 0.238. The number of para-hydroxylation sites is 1. The molecule has 0 aliphatic carbocycles. The maximum Gasteiger partial charge on any atom is 0.273 e. The number of benzene rings is 2. The molecule has 0 bridgehead atoms. The second-order valence-corrected chi connectivity index (χ2v) is 6.84. The lowest BCUT2D eigenvalue weighted by molar-refractivity contribution is 0.0732. The highest BCUT2D eigenvalue weighted by atomic mass is 16.2. The fourth-order valence-corrected chi connectivity index (χ4v) is 3.72. The average molecular weight is 346 g/mol. The van der Waals surface area contributed by atoms with Gasteiger partial charge in [0.25, 0.3) is 5.91 Å². The summed E-state index contributed by atoms with van der Waals surface area (Å²) in [4.78, 5) is 15.2. The maximum absolute atomic E-state index is 13.3. The van der Waals surface area contributed by atoms with Gasteiger partial charge in [-0.15, -0.1) is 0 Å². The molecule has 132 valence electrons. The zero-order valence-electron chi connectivity index (χ0n) is 15.0. The number of aromatic nitrogens is 2. The predicted molar refractivity (Wildman–Crippen MR) is 101 cm³/mol. The van der Waals surface area contributed by atoms with E-state index in [1.807, 2.05) is 67.3 Å². The number of carbonyl (C=O) groups is 1. The van der Waals surface area contributed by atoms with Crippen molar-refractivity contribution in [3.63, 3.8) is 0 Å². The summed E-state index contributed by atoms with van der Waals surface area (Å²) in [7, 11) is 0. The Morgan fingerprint density at radius 2 is 1.69 bits per heavy atom. The van der Waals surface area contributed by atoms with Crippen molar-refractivity contribution in [2.45, 2.75) is 25.9 Å². The van der Waals surface area contributed by atoms with Crippen LogP contribution in [0.2, 0.25) is 0 Å². The van der Waals surface area contributed by atoms with Gasteiger partial charge in [-0.05, 0) is 31.5 Å². The summed E-state index contributed by atoms with van der Waals surface area (Å²) in [5, 5.41) is 4.68. The summed E-state index contributed by atoms with van der Waals surface area (Å²) in [6, 6.07) is 19.6. The standard InChI is InChI=1S/C21H22N4O/c1-14(22)13-24-19(16-9-5-3-6-10-16)18-15(2)23-25(20(18)21(24)26)17-11-7-4-8-12-17/h3-12,14,19H,13,22H2,1-2H3. The van der Waals surface area contributed by atoms with Crippen molar-refractivity contribution in [1.29, 1.82) is 0 Å². The molecule has 0 spiro atoms. The van der Waals surface area contributed by atoms with E-state index in [0.29, 0.717) is 12.2 Å². The Bertz CT molecular complexity index is 931. The Morgan fingerprint density at radius 1 is 1.08 bits per heavy atom. The van der Waals surface area contributed by atoms with Gasteiger partial charge in [0.05, 0.1) is 17.4 Å². The van der Waals surface area contributed by atoms with E-state index in [0.717, 1.165) is 22.5 Å². The molecule has 2 atom stereocenters. The lowest BCUT2D eigenvalue weighted by Gasteiger charge is -2.27. The zero-order valence-corrected chi connectivity index (χ0v) is 15.0. The number of fused-ring (bicyclic) bond motifs is 1. The van der Waals surface area contributed by atoms with Crippen LogP contribution in [0.5, 0.6) is 0 Å². The molecule has 2 N–H and O–H groups in total. The molecule has 26 heavy (non-hydrogen) atoms. The van der Waals surface area contributed by atoms with Crippen LogP contribution in [0, 0.1) is 6.92 Å². The third-order valence-electron chi connectivity index (χ3n) is 4.76. The lowest BCUT2D eigenvalue weighted by atomic mass is 9.99. The van der Waals surface area contributed by atoms with Crippen LogP contribution in [0.15, 0.2) is 60.7 Å². The Kier molecular flexibility index (Phi) is 4.09. The molecule has 3 aromatic rings. The van der Waals surface area contributed by atoms with Crippen molar-refractivity contribution in [1.82, 2.24) is 14.7 Å². The van der Waals surface area contributed by atoms with E-state index >= 15 is 0 Å². The van der Waals surface area contributed by atoms with Crippen LogP contribution < -0.4 is 5.73 Å². The van der Waals surface area contributed by atoms with E-state index in [9.17, 15) is 4.79 Å². The number of carbonyl (C=O) groups excluding carboxylic acids is 1. The zero-order chi connectivity index (χ0) is 18.3. The van der Waals surface area contributed by atoms with E-state index in [1.165, 1.54) is 0 Å². The molecule has 0 fully saturated rings. The molecule has 2 heterocycles. The Labute approximate surface area is 153 Å². The van der Waals surface area contributed by atoms with Crippen molar-refractivity contribution < 1.29 is 4.79 Å². The van der Waals surface area contributed by atoms with Crippen LogP contribution in [-0.4, -0.2) is 33.2 Å². The molecule has 1 aromatic heterocycles. The highest BCUT2D eigenvalue weighted by Crippen LogP contribution is 2.41. The van der Waals surface area contributed by atoms with Crippen LogP contribution in [0.1, 0.15) is 40.3 Å². The minimum Gasteiger partial charge on any atom is -0.326 e. The third kappa shape index (κ3) is 2.61. The van der Waals surface area contributed by atoms with E-state index in [4.69, 9.17) is 5.73 Å². The lowest BCUT2D eigenvalue weighted by Crippen LogP contribution is -2.39. The SMILES string of the molecule is Cc1nn(-c2ccccc2)c2c1C(c1ccccc1)N(CC(C)N)C2=O. The largest absolute Gasteiger partial charge is 0.326 e. The van der Waals surface area contributed by atoms with Crippen molar-refractivity contribution >= 4 is 5.91 Å². The summed E-state index contributed by atoms with van der Waals surface area (Å²) >= 11 is 0. The number of hydrogen-bond acceptors (Lipinski definition) is 3. The third-order valence-corrected chi connectivity index (χ3v) is 4.76. The summed E-state index contributed by atoms with van der Waals surface area (Å²) < 4.78 is 1.77. The molecule has 2 unspecified atom stereocenters. The van der Waals surface area contributed by atoms with Gasteiger partial charge in [0, 0.05) is 18.2 Å². The number of amides is 1. The van der Waals surface area contributed by atoms with Gasteiger partial charge >= 0.3 is 0 Å². The Hall–Kier alpha value is -2.92. The van der Waals surface area contributed by atoms with Gasteiger partial charge in [-0.1, -0.05) is 48.5 Å². The van der Waals surface area contributed by atoms with Gasteiger partial charge in [-0.2, -0.15) is 5.10 Å². The molecule has 4 rings (SSSR count). The molecular weight excluding hydrogens is 324 g/mol. The molecule has 5 nitrogen and oxygen atoms in total. The van der Waals surface area contributed by atoms with Crippen molar-refractivity contribution in [2.75, 3.05) is 6.54 Å². The summed E-state index contributed by atoms with van der Waals surface area (Å²) in [6.45, 7) is 4.40. The Balaban J connectivity index is 1.91.